The van der Waals surface area contributed by atoms with Crippen molar-refractivity contribution < 1.29 is 0 Å². The number of anilines is 1. The molecule has 16 heavy (non-hydrogen) atoms. The molecule has 0 saturated carbocycles. The van der Waals surface area contributed by atoms with Crippen LogP contribution in [0.15, 0.2) is 35.3 Å². The third-order valence-electron chi connectivity index (χ3n) is 2.04. The van der Waals surface area contributed by atoms with Crippen LogP contribution in [0.1, 0.15) is 6.92 Å². The minimum atomic E-state index is 0.186. The first-order valence-electron chi connectivity index (χ1n) is 5.38. The Morgan fingerprint density at radius 3 is 2.56 bits per heavy atom. The predicted octanol–water partition coefficient (Wildman–Crippen LogP) is 1.36. The molecular formula is C12H20N4. The van der Waals surface area contributed by atoms with E-state index in [0.29, 0.717) is 5.96 Å². The third kappa shape index (κ3) is 4.79. The average Bonchev–Trinajstić information content (AvgIpc) is 2.17. The molecule has 0 amide bonds. The Hall–Kier alpha value is -1.55. The Balaban J connectivity index is 2.51. The van der Waals surface area contributed by atoms with Crippen molar-refractivity contribution in [3.05, 3.63) is 30.3 Å². The molecule has 0 saturated heterocycles. The number of nitrogens with one attached hydrogen (secondary N) is 1. The molecule has 0 aromatic heterocycles. The van der Waals surface area contributed by atoms with Crippen LogP contribution in [0, 0.1) is 0 Å². The van der Waals surface area contributed by atoms with E-state index in [1.54, 1.807) is 0 Å². The van der Waals surface area contributed by atoms with Gasteiger partial charge in [0.2, 0.25) is 0 Å². The smallest absolute Gasteiger partial charge is 0.193 e. The first-order chi connectivity index (χ1) is 7.58. The summed E-state index contributed by atoms with van der Waals surface area (Å²) in [6, 6.07) is 9.98. The van der Waals surface area contributed by atoms with Gasteiger partial charge in [0.05, 0.1) is 6.04 Å². The Morgan fingerprint density at radius 2 is 2.00 bits per heavy atom. The van der Waals surface area contributed by atoms with Gasteiger partial charge in [0, 0.05) is 12.2 Å². The maximum atomic E-state index is 5.80. The molecule has 1 unspecified atom stereocenters. The molecule has 0 fully saturated rings. The van der Waals surface area contributed by atoms with Crippen molar-refractivity contribution >= 4 is 11.6 Å². The van der Waals surface area contributed by atoms with Crippen LogP contribution in [-0.2, 0) is 0 Å². The lowest BCUT2D eigenvalue weighted by molar-refractivity contribution is 0.383. The van der Waals surface area contributed by atoms with Crippen LogP contribution in [0.2, 0.25) is 0 Å². The van der Waals surface area contributed by atoms with Crippen molar-refractivity contribution in [1.82, 2.24) is 4.90 Å². The normalized spacial score (nSPS) is 13.9. The molecule has 4 nitrogen and oxygen atoms in total. The lowest BCUT2D eigenvalue weighted by Gasteiger charge is -2.14. The molecule has 3 N–H and O–H groups in total. The first kappa shape index (κ1) is 12.5. The number of benzene rings is 1. The van der Waals surface area contributed by atoms with Gasteiger partial charge in [-0.2, -0.15) is 0 Å². The molecule has 1 aromatic carbocycles. The highest BCUT2D eigenvalue weighted by Gasteiger charge is 2.02. The van der Waals surface area contributed by atoms with Crippen molar-refractivity contribution in [2.45, 2.75) is 13.0 Å². The Bertz CT molecular complexity index is 332. The molecule has 0 spiro atoms. The monoisotopic (exact) mass is 220 g/mol. The molecule has 88 valence electrons. The fourth-order valence-electron chi connectivity index (χ4n) is 1.51. The van der Waals surface area contributed by atoms with Gasteiger partial charge in [-0.3, -0.25) is 0 Å². The third-order valence-corrected chi connectivity index (χ3v) is 2.04. The lowest BCUT2D eigenvalue weighted by atomic mass is 10.3. The number of nitrogens with zero attached hydrogens (tertiary/aromatic N) is 2. The van der Waals surface area contributed by atoms with E-state index >= 15 is 0 Å². The SMILES string of the molecule is CC(CN(C)C)N=C(N)Nc1ccccc1. The summed E-state index contributed by atoms with van der Waals surface area (Å²) in [7, 11) is 4.04. The van der Waals surface area contributed by atoms with Gasteiger partial charge in [-0.05, 0) is 33.2 Å². The number of likely N-dealkylation sites (N-methyl/N-ethyl adjacent to an activating group) is 1. The number of nitrogens with two attached hydrogens (primary N) is 1. The fourth-order valence-corrected chi connectivity index (χ4v) is 1.51. The van der Waals surface area contributed by atoms with E-state index in [1.165, 1.54) is 0 Å². The zero-order chi connectivity index (χ0) is 12.0. The number of aliphatic imine (C=N–C) groups is 1. The largest absolute Gasteiger partial charge is 0.370 e. The van der Waals surface area contributed by atoms with Gasteiger partial charge in [0.1, 0.15) is 0 Å². The van der Waals surface area contributed by atoms with E-state index in [4.69, 9.17) is 5.73 Å². The highest BCUT2D eigenvalue weighted by molar-refractivity contribution is 5.92. The Kier molecular flexibility index (Phi) is 4.79. The number of para-hydroxylation sites is 1. The van der Waals surface area contributed by atoms with Gasteiger partial charge < -0.3 is 16.0 Å². The number of guanidine groups is 1. The Labute approximate surface area is 97.2 Å². The summed E-state index contributed by atoms with van der Waals surface area (Å²) in [5.41, 5.74) is 6.76. The molecule has 0 radical (unpaired) electrons. The van der Waals surface area contributed by atoms with Crippen molar-refractivity contribution in [3.8, 4) is 0 Å². The lowest BCUT2D eigenvalue weighted by Crippen LogP contribution is -2.28. The van der Waals surface area contributed by atoms with Gasteiger partial charge in [-0.15, -0.1) is 0 Å². The summed E-state index contributed by atoms with van der Waals surface area (Å²) in [6.45, 7) is 2.93. The summed E-state index contributed by atoms with van der Waals surface area (Å²) >= 11 is 0. The van der Waals surface area contributed by atoms with Crippen LogP contribution in [0.25, 0.3) is 0 Å². The summed E-state index contributed by atoms with van der Waals surface area (Å²) < 4.78 is 0. The minimum Gasteiger partial charge on any atom is -0.370 e. The standard InChI is InChI=1S/C12H20N4/c1-10(9-16(2)3)14-12(13)15-11-7-5-4-6-8-11/h4-8,10H,9H2,1-3H3,(H3,13,14,15). The van der Waals surface area contributed by atoms with E-state index in [2.05, 4.69) is 15.2 Å². The predicted molar refractivity (Wildman–Crippen MR) is 69.7 cm³/mol. The first-order valence-corrected chi connectivity index (χ1v) is 5.38. The van der Waals surface area contributed by atoms with Crippen LogP contribution in [0.4, 0.5) is 5.69 Å². The van der Waals surface area contributed by atoms with E-state index in [-0.39, 0.29) is 6.04 Å². The zero-order valence-corrected chi connectivity index (χ0v) is 10.1. The molecule has 0 heterocycles. The molecule has 0 aliphatic rings. The maximum absolute atomic E-state index is 5.80. The Morgan fingerprint density at radius 1 is 1.38 bits per heavy atom. The highest BCUT2D eigenvalue weighted by Crippen LogP contribution is 2.04. The van der Waals surface area contributed by atoms with Gasteiger partial charge in [-0.25, -0.2) is 4.99 Å². The van der Waals surface area contributed by atoms with Crippen molar-refractivity contribution in [3.63, 3.8) is 0 Å². The van der Waals surface area contributed by atoms with Crippen LogP contribution in [0.5, 0.6) is 0 Å². The molecule has 4 heteroatoms. The van der Waals surface area contributed by atoms with Gasteiger partial charge >= 0.3 is 0 Å². The van der Waals surface area contributed by atoms with Crippen molar-refractivity contribution in [2.75, 3.05) is 26.0 Å². The second-order valence-corrected chi connectivity index (χ2v) is 4.12. The van der Waals surface area contributed by atoms with E-state index in [1.807, 2.05) is 51.4 Å². The highest BCUT2D eigenvalue weighted by atomic mass is 15.1. The van der Waals surface area contributed by atoms with E-state index < -0.39 is 0 Å². The number of rotatable bonds is 4. The van der Waals surface area contributed by atoms with Crippen LogP contribution in [0.3, 0.4) is 0 Å². The van der Waals surface area contributed by atoms with Crippen LogP contribution in [-0.4, -0.2) is 37.5 Å². The fraction of sp³-hybridized carbons (Fsp3) is 0.417. The summed E-state index contributed by atoms with van der Waals surface area (Å²) in [5.74, 6) is 0.459. The molecule has 0 aliphatic heterocycles. The molecular weight excluding hydrogens is 200 g/mol. The second-order valence-electron chi connectivity index (χ2n) is 4.12. The summed E-state index contributed by atoms with van der Waals surface area (Å²) in [6.07, 6.45) is 0. The number of hydrogen-bond donors (Lipinski definition) is 2. The van der Waals surface area contributed by atoms with Gasteiger partial charge in [0.15, 0.2) is 5.96 Å². The number of hydrogen-bond acceptors (Lipinski definition) is 2. The quantitative estimate of drug-likeness (QED) is 0.595. The second kappa shape index (κ2) is 6.12. The van der Waals surface area contributed by atoms with Crippen LogP contribution < -0.4 is 11.1 Å². The van der Waals surface area contributed by atoms with Crippen molar-refractivity contribution in [2.24, 2.45) is 10.7 Å². The molecule has 0 aliphatic carbocycles. The van der Waals surface area contributed by atoms with Gasteiger partial charge in [0.25, 0.3) is 0 Å². The molecule has 0 bridgehead atoms. The summed E-state index contributed by atoms with van der Waals surface area (Å²) in [5, 5.41) is 3.06. The zero-order valence-electron chi connectivity index (χ0n) is 10.1. The van der Waals surface area contributed by atoms with E-state index in [0.717, 1.165) is 12.2 Å². The minimum absolute atomic E-state index is 0.186. The molecule has 1 rings (SSSR count). The average molecular weight is 220 g/mol. The summed E-state index contributed by atoms with van der Waals surface area (Å²) in [4.78, 5) is 6.44. The maximum Gasteiger partial charge on any atom is 0.193 e. The molecule has 1 atom stereocenters. The van der Waals surface area contributed by atoms with Crippen molar-refractivity contribution in [1.29, 1.82) is 0 Å². The van der Waals surface area contributed by atoms with Gasteiger partial charge in [-0.1, -0.05) is 18.2 Å². The molecule has 1 aromatic rings. The van der Waals surface area contributed by atoms with E-state index in [9.17, 15) is 0 Å². The topological polar surface area (TPSA) is 53.6 Å². The van der Waals surface area contributed by atoms with Crippen LogP contribution >= 0.6 is 0 Å².